The lowest BCUT2D eigenvalue weighted by molar-refractivity contribution is 0.0724. The molecule has 2 aliphatic rings. The molecule has 0 saturated carbocycles. The van der Waals surface area contributed by atoms with Gasteiger partial charge >= 0.3 is 0 Å². The smallest absolute Gasteiger partial charge is 0.264 e. The zero-order valence-electron chi connectivity index (χ0n) is 24.7. The fourth-order valence-corrected chi connectivity index (χ4v) is 8.36. The largest absolute Gasteiger partial charge is 0.339 e. The van der Waals surface area contributed by atoms with Gasteiger partial charge < -0.3 is 10.2 Å². The van der Waals surface area contributed by atoms with Crippen molar-refractivity contribution in [1.82, 2.24) is 9.80 Å². The molecule has 0 aliphatic carbocycles. The van der Waals surface area contributed by atoms with Crippen LogP contribution in [0.4, 0.5) is 10.7 Å². The van der Waals surface area contributed by atoms with E-state index in [-0.39, 0.29) is 16.7 Å². The number of hydrogen-bond acceptors (Lipinski definition) is 6. The molecule has 1 saturated heterocycles. The quantitative estimate of drug-likeness (QED) is 0.258. The van der Waals surface area contributed by atoms with Gasteiger partial charge in [0, 0.05) is 50.2 Å². The average Bonchev–Trinajstić information content (AvgIpc) is 3.42. The highest BCUT2D eigenvalue weighted by Crippen LogP contribution is 2.39. The van der Waals surface area contributed by atoms with E-state index < -0.39 is 10.0 Å². The Labute approximate surface area is 263 Å². The summed E-state index contributed by atoms with van der Waals surface area (Å²) in [6, 6.07) is 25.1. The van der Waals surface area contributed by atoms with E-state index in [1.807, 2.05) is 29.2 Å². The monoisotopic (exact) mass is 628 g/mol. The van der Waals surface area contributed by atoms with Gasteiger partial charge in [-0.1, -0.05) is 48.5 Å². The van der Waals surface area contributed by atoms with Gasteiger partial charge in [-0.15, -0.1) is 11.3 Å². The van der Waals surface area contributed by atoms with E-state index >= 15 is 0 Å². The summed E-state index contributed by atoms with van der Waals surface area (Å²) >= 11 is 1.48. The number of piperidine rings is 1. The lowest BCUT2D eigenvalue weighted by atomic mass is 10.00. The van der Waals surface area contributed by atoms with Crippen molar-refractivity contribution in [2.45, 2.75) is 43.7 Å². The highest BCUT2D eigenvalue weighted by Gasteiger charge is 2.32. The molecule has 1 aromatic heterocycles. The number of rotatable bonds is 8. The third kappa shape index (κ3) is 6.29. The first-order valence-corrected chi connectivity index (χ1v) is 17.2. The van der Waals surface area contributed by atoms with Gasteiger partial charge in [-0.05, 0) is 73.2 Å². The number of carbonyl (C=O) groups is 2. The van der Waals surface area contributed by atoms with Crippen molar-refractivity contribution >= 4 is 43.9 Å². The van der Waals surface area contributed by atoms with Crippen LogP contribution >= 0.6 is 11.3 Å². The van der Waals surface area contributed by atoms with Gasteiger partial charge in [0.25, 0.3) is 21.8 Å². The average molecular weight is 629 g/mol. The molecule has 44 heavy (non-hydrogen) atoms. The molecule has 228 valence electrons. The number of benzene rings is 3. The summed E-state index contributed by atoms with van der Waals surface area (Å²) in [4.78, 5) is 32.9. The minimum Gasteiger partial charge on any atom is -0.339 e. The summed E-state index contributed by atoms with van der Waals surface area (Å²) in [7, 11) is -2.30. The van der Waals surface area contributed by atoms with Crippen molar-refractivity contribution in [3.8, 4) is 0 Å². The summed E-state index contributed by atoms with van der Waals surface area (Å²) < 4.78 is 27.6. The molecule has 3 aromatic carbocycles. The fraction of sp³-hybridized carbons (Fsp3) is 0.294. The third-order valence-electron chi connectivity index (χ3n) is 8.36. The highest BCUT2D eigenvalue weighted by molar-refractivity contribution is 7.92. The molecule has 10 heteroatoms. The molecular formula is C34H36N4O4S2. The number of nitrogens with one attached hydrogen (secondary N) is 1. The topological polar surface area (TPSA) is 90.0 Å². The summed E-state index contributed by atoms with van der Waals surface area (Å²) in [6.45, 7) is 3.82. The van der Waals surface area contributed by atoms with E-state index in [0.717, 1.165) is 62.3 Å². The molecule has 0 spiro atoms. The lowest BCUT2D eigenvalue weighted by Crippen LogP contribution is -2.37. The molecule has 0 atom stereocenters. The molecule has 2 aliphatic heterocycles. The molecule has 0 unspecified atom stereocenters. The molecule has 4 aromatic rings. The van der Waals surface area contributed by atoms with Crippen molar-refractivity contribution in [2.24, 2.45) is 0 Å². The van der Waals surface area contributed by atoms with Gasteiger partial charge in [0.2, 0.25) is 0 Å². The second-order valence-electron chi connectivity index (χ2n) is 11.3. The Balaban J connectivity index is 1.24. The standard InChI is InChI=1S/C34H36N4O4S2/c1-36(27-13-7-3-8-14-27)44(41,42)28-17-15-26(16-18-28)32(39)35-33-31(34(40)38-20-9-4-10-21-38)29-19-22-37(24-30(29)43-33)23-25-11-5-2-6-12-25/h2-3,5-8,11-18H,4,9-10,19-24H2,1H3,(H,35,39). The molecule has 3 heterocycles. The van der Waals surface area contributed by atoms with Gasteiger partial charge in [-0.2, -0.15) is 0 Å². The predicted octanol–water partition coefficient (Wildman–Crippen LogP) is 6.01. The Kier molecular flexibility index (Phi) is 8.83. The summed E-state index contributed by atoms with van der Waals surface area (Å²) in [5.41, 5.74) is 3.76. The number of fused-ring (bicyclic) bond motifs is 1. The Morgan fingerprint density at radius 2 is 1.52 bits per heavy atom. The van der Waals surface area contributed by atoms with Gasteiger partial charge in [0.05, 0.1) is 16.1 Å². The van der Waals surface area contributed by atoms with E-state index in [1.54, 1.807) is 24.3 Å². The first-order valence-electron chi connectivity index (χ1n) is 15.0. The molecule has 0 radical (unpaired) electrons. The number of anilines is 2. The van der Waals surface area contributed by atoms with Crippen molar-refractivity contribution in [1.29, 1.82) is 0 Å². The van der Waals surface area contributed by atoms with Crippen LogP contribution in [0.1, 0.15) is 56.0 Å². The Bertz CT molecular complexity index is 1730. The maximum atomic E-state index is 13.9. The van der Waals surface area contributed by atoms with Crippen molar-refractivity contribution in [3.05, 3.63) is 112 Å². The van der Waals surface area contributed by atoms with E-state index in [1.165, 1.54) is 52.5 Å². The second kappa shape index (κ2) is 12.9. The van der Waals surface area contributed by atoms with Crippen LogP contribution in [0.15, 0.2) is 89.8 Å². The van der Waals surface area contributed by atoms with E-state index in [4.69, 9.17) is 0 Å². The number of nitrogens with zero attached hydrogens (tertiary/aromatic N) is 3. The Hall–Kier alpha value is -3.99. The molecule has 8 nitrogen and oxygen atoms in total. The maximum absolute atomic E-state index is 13.9. The second-order valence-corrected chi connectivity index (χ2v) is 14.4. The minimum absolute atomic E-state index is 0.0144. The zero-order valence-corrected chi connectivity index (χ0v) is 26.4. The normalized spacial score (nSPS) is 15.4. The van der Waals surface area contributed by atoms with Gasteiger partial charge in [-0.3, -0.25) is 18.8 Å². The van der Waals surface area contributed by atoms with Crippen LogP contribution in [-0.2, 0) is 29.5 Å². The van der Waals surface area contributed by atoms with Crippen molar-refractivity contribution in [3.63, 3.8) is 0 Å². The van der Waals surface area contributed by atoms with Gasteiger partial charge in [-0.25, -0.2) is 8.42 Å². The van der Waals surface area contributed by atoms with Crippen LogP contribution in [-0.4, -0.2) is 56.7 Å². The first-order chi connectivity index (χ1) is 21.3. The van der Waals surface area contributed by atoms with Crippen LogP contribution in [0.3, 0.4) is 0 Å². The zero-order chi connectivity index (χ0) is 30.7. The number of sulfonamides is 1. The molecule has 1 N–H and O–H groups in total. The van der Waals surface area contributed by atoms with Crippen LogP contribution in [0, 0.1) is 0 Å². The Morgan fingerprint density at radius 3 is 2.20 bits per heavy atom. The SMILES string of the molecule is CN(c1ccccc1)S(=O)(=O)c1ccc(C(=O)Nc2sc3c(c2C(=O)N2CCCCC2)CCN(Cc2ccccc2)C3)cc1. The number of likely N-dealkylation sites (tertiary alicyclic amines) is 1. The summed E-state index contributed by atoms with van der Waals surface area (Å²) in [5, 5.41) is 3.60. The van der Waals surface area contributed by atoms with Crippen molar-refractivity contribution in [2.75, 3.05) is 36.3 Å². The predicted molar refractivity (Wildman–Crippen MR) is 175 cm³/mol. The maximum Gasteiger partial charge on any atom is 0.264 e. The van der Waals surface area contributed by atoms with E-state index in [9.17, 15) is 18.0 Å². The number of thiophene rings is 1. The van der Waals surface area contributed by atoms with Crippen LogP contribution in [0.25, 0.3) is 0 Å². The minimum atomic E-state index is -3.81. The Morgan fingerprint density at radius 1 is 0.864 bits per heavy atom. The number of amides is 2. The number of para-hydroxylation sites is 1. The van der Waals surface area contributed by atoms with Crippen LogP contribution in [0.5, 0.6) is 0 Å². The molecule has 1 fully saturated rings. The van der Waals surface area contributed by atoms with Crippen LogP contribution in [0.2, 0.25) is 0 Å². The first kappa shape index (κ1) is 30.1. The third-order valence-corrected chi connectivity index (χ3v) is 11.3. The lowest BCUT2D eigenvalue weighted by Gasteiger charge is -2.29. The number of carbonyl (C=O) groups excluding carboxylic acids is 2. The summed E-state index contributed by atoms with van der Waals surface area (Å²) in [6.07, 6.45) is 3.83. The van der Waals surface area contributed by atoms with Gasteiger partial charge in [0.15, 0.2) is 0 Å². The molecule has 2 amide bonds. The molecular weight excluding hydrogens is 593 g/mol. The van der Waals surface area contributed by atoms with E-state index in [0.29, 0.717) is 28.4 Å². The van der Waals surface area contributed by atoms with Crippen molar-refractivity contribution < 1.29 is 18.0 Å². The summed E-state index contributed by atoms with van der Waals surface area (Å²) in [5.74, 6) is -0.391. The number of hydrogen-bond donors (Lipinski definition) is 1. The van der Waals surface area contributed by atoms with Crippen LogP contribution < -0.4 is 9.62 Å². The molecule has 6 rings (SSSR count). The van der Waals surface area contributed by atoms with Gasteiger partial charge in [0.1, 0.15) is 5.00 Å². The molecule has 0 bridgehead atoms. The highest BCUT2D eigenvalue weighted by atomic mass is 32.2. The fourth-order valence-electron chi connectivity index (χ4n) is 5.89. The van der Waals surface area contributed by atoms with E-state index in [2.05, 4.69) is 22.3 Å².